The van der Waals surface area contributed by atoms with Gasteiger partial charge in [-0.15, -0.1) is 6.58 Å². The summed E-state index contributed by atoms with van der Waals surface area (Å²) in [5, 5.41) is 0. The van der Waals surface area contributed by atoms with E-state index in [9.17, 15) is 14.4 Å². The van der Waals surface area contributed by atoms with Gasteiger partial charge in [0.05, 0.1) is 12.5 Å². The molecule has 1 aliphatic rings. The third-order valence-corrected chi connectivity index (χ3v) is 3.23. The molecule has 0 spiro atoms. The normalized spacial score (nSPS) is 18.0. The Hall–Kier alpha value is -1.85. The number of ether oxygens (including phenoxy) is 1. The monoisotopic (exact) mass is 282 g/mol. The fourth-order valence-corrected chi connectivity index (χ4v) is 2.25. The van der Waals surface area contributed by atoms with Gasteiger partial charge in [0, 0.05) is 26.1 Å². The smallest absolute Gasteiger partial charge is 0.325 e. The molecule has 0 saturated carbocycles. The average Bonchev–Trinajstić information content (AvgIpc) is 2.79. The van der Waals surface area contributed by atoms with Crippen molar-refractivity contribution in [1.82, 2.24) is 9.80 Å². The Balaban J connectivity index is 2.67. The van der Waals surface area contributed by atoms with Gasteiger partial charge >= 0.3 is 5.97 Å². The summed E-state index contributed by atoms with van der Waals surface area (Å²) in [5.41, 5.74) is 0. The number of carbonyl (C=O) groups is 3. The van der Waals surface area contributed by atoms with Gasteiger partial charge in [0.1, 0.15) is 6.54 Å². The van der Waals surface area contributed by atoms with Crippen molar-refractivity contribution in [2.45, 2.75) is 20.3 Å². The van der Waals surface area contributed by atoms with Crippen LogP contribution in [0.2, 0.25) is 0 Å². The highest BCUT2D eigenvalue weighted by atomic mass is 16.5. The van der Waals surface area contributed by atoms with E-state index in [0.29, 0.717) is 13.1 Å². The summed E-state index contributed by atoms with van der Waals surface area (Å²) in [5.74, 6) is -1.03. The van der Waals surface area contributed by atoms with Gasteiger partial charge < -0.3 is 14.5 Å². The Morgan fingerprint density at radius 1 is 1.50 bits per heavy atom. The molecule has 1 fully saturated rings. The first-order chi connectivity index (χ1) is 9.53. The summed E-state index contributed by atoms with van der Waals surface area (Å²) < 4.78 is 4.85. The summed E-state index contributed by atoms with van der Waals surface area (Å²) in [6.07, 6.45) is 1.77. The first-order valence-corrected chi connectivity index (χ1v) is 6.86. The Morgan fingerprint density at radius 3 is 2.70 bits per heavy atom. The molecule has 1 atom stereocenters. The van der Waals surface area contributed by atoms with Crippen molar-refractivity contribution in [3.8, 4) is 0 Å². The SMILES string of the molecule is C=CCN(CC(=O)OCC)C(=O)C1CC(=O)N(CC)C1. The second kappa shape index (κ2) is 7.67. The topological polar surface area (TPSA) is 66.9 Å². The zero-order chi connectivity index (χ0) is 15.1. The van der Waals surface area contributed by atoms with Gasteiger partial charge in [-0.05, 0) is 13.8 Å². The lowest BCUT2D eigenvalue weighted by Gasteiger charge is -2.23. The van der Waals surface area contributed by atoms with Crippen molar-refractivity contribution >= 4 is 17.8 Å². The number of amides is 2. The highest BCUT2D eigenvalue weighted by molar-refractivity contribution is 5.90. The number of hydrogen-bond donors (Lipinski definition) is 0. The van der Waals surface area contributed by atoms with Gasteiger partial charge in [-0.3, -0.25) is 14.4 Å². The van der Waals surface area contributed by atoms with Crippen LogP contribution in [-0.2, 0) is 19.1 Å². The molecule has 1 unspecified atom stereocenters. The predicted molar refractivity (Wildman–Crippen MR) is 73.8 cm³/mol. The predicted octanol–water partition coefficient (Wildman–Crippen LogP) is 0.433. The molecule has 0 aliphatic carbocycles. The van der Waals surface area contributed by atoms with Gasteiger partial charge in [-0.1, -0.05) is 6.08 Å². The van der Waals surface area contributed by atoms with Crippen molar-refractivity contribution in [1.29, 1.82) is 0 Å². The second-order valence-electron chi connectivity index (χ2n) is 4.65. The maximum Gasteiger partial charge on any atom is 0.325 e. The average molecular weight is 282 g/mol. The molecule has 0 N–H and O–H groups in total. The fourth-order valence-electron chi connectivity index (χ4n) is 2.25. The minimum absolute atomic E-state index is 0.0134. The number of nitrogens with zero attached hydrogens (tertiary/aromatic N) is 2. The second-order valence-corrected chi connectivity index (χ2v) is 4.65. The molecule has 0 aromatic carbocycles. The van der Waals surface area contributed by atoms with Gasteiger partial charge in [-0.2, -0.15) is 0 Å². The summed E-state index contributed by atoms with van der Waals surface area (Å²) in [7, 11) is 0. The lowest BCUT2D eigenvalue weighted by Crippen LogP contribution is -2.41. The van der Waals surface area contributed by atoms with Crippen LogP contribution in [0.1, 0.15) is 20.3 Å². The summed E-state index contributed by atoms with van der Waals surface area (Å²) >= 11 is 0. The minimum Gasteiger partial charge on any atom is -0.465 e. The molecule has 1 rings (SSSR count). The van der Waals surface area contributed by atoms with Gasteiger partial charge in [-0.25, -0.2) is 0 Å². The van der Waals surface area contributed by atoms with Gasteiger partial charge in [0.2, 0.25) is 11.8 Å². The summed E-state index contributed by atoms with van der Waals surface area (Å²) in [6, 6.07) is 0. The molecule has 0 aromatic heterocycles. The molecule has 112 valence electrons. The molecule has 0 radical (unpaired) electrons. The molecule has 1 aliphatic heterocycles. The van der Waals surface area contributed by atoms with E-state index in [4.69, 9.17) is 4.74 Å². The van der Waals surface area contributed by atoms with E-state index in [1.807, 2.05) is 6.92 Å². The van der Waals surface area contributed by atoms with E-state index in [1.165, 1.54) is 4.90 Å². The molecular formula is C14H22N2O4. The Bertz CT molecular complexity index is 395. The van der Waals surface area contributed by atoms with Crippen LogP contribution < -0.4 is 0 Å². The lowest BCUT2D eigenvalue weighted by molar-refractivity contribution is -0.149. The van der Waals surface area contributed by atoms with Crippen LogP contribution in [0.25, 0.3) is 0 Å². The van der Waals surface area contributed by atoms with Crippen molar-refractivity contribution in [3.63, 3.8) is 0 Å². The largest absolute Gasteiger partial charge is 0.465 e. The van der Waals surface area contributed by atoms with E-state index >= 15 is 0 Å². The van der Waals surface area contributed by atoms with E-state index in [2.05, 4.69) is 6.58 Å². The van der Waals surface area contributed by atoms with Crippen LogP contribution in [0.4, 0.5) is 0 Å². The fraction of sp³-hybridized carbons (Fsp3) is 0.643. The van der Waals surface area contributed by atoms with Crippen molar-refractivity contribution in [2.75, 3.05) is 32.8 Å². The first-order valence-electron chi connectivity index (χ1n) is 6.86. The summed E-state index contributed by atoms with van der Waals surface area (Å²) in [6.45, 7) is 8.65. The number of hydrogen-bond acceptors (Lipinski definition) is 4. The summed E-state index contributed by atoms with van der Waals surface area (Å²) in [4.78, 5) is 38.6. The van der Waals surface area contributed by atoms with Crippen molar-refractivity contribution in [3.05, 3.63) is 12.7 Å². The Labute approximate surface area is 119 Å². The molecule has 0 aromatic rings. The van der Waals surface area contributed by atoms with Gasteiger partial charge in [0.25, 0.3) is 0 Å². The highest BCUT2D eigenvalue weighted by Gasteiger charge is 2.36. The van der Waals surface area contributed by atoms with Crippen LogP contribution in [0.5, 0.6) is 0 Å². The molecule has 1 saturated heterocycles. The molecule has 20 heavy (non-hydrogen) atoms. The van der Waals surface area contributed by atoms with E-state index < -0.39 is 5.97 Å². The first kappa shape index (κ1) is 16.2. The van der Waals surface area contributed by atoms with E-state index in [1.54, 1.807) is 17.9 Å². The molecule has 1 heterocycles. The molecule has 0 bridgehead atoms. The van der Waals surface area contributed by atoms with Crippen LogP contribution in [0, 0.1) is 5.92 Å². The molecule has 2 amide bonds. The van der Waals surface area contributed by atoms with Crippen LogP contribution in [0.3, 0.4) is 0 Å². The molecular weight excluding hydrogens is 260 g/mol. The number of likely N-dealkylation sites (tertiary alicyclic amines) is 1. The van der Waals surface area contributed by atoms with E-state index in [0.717, 1.165) is 0 Å². The van der Waals surface area contributed by atoms with Crippen molar-refractivity contribution in [2.24, 2.45) is 5.92 Å². The highest BCUT2D eigenvalue weighted by Crippen LogP contribution is 2.19. The third kappa shape index (κ3) is 4.08. The van der Waals surface area contributed by atoms with Crippen molar-refractivity contribution < 1.29 is 19.1 Å². The molecule has 6 nitrogen and oxygen atoms in total. The number of esters is 1. The number of carbonyl (C=O) groups excluding carboxylic acids is 3. The van der Waals surface area contributed by atoms with Crippen LogP contribution >= 0.6 is 0 Å². The van der Waals surface area contributed by atoms with Crippen LogP contribution in [0.15, 0.2) is 12.7 Å². The Morgan fingerprint density at radius 2 is 2.20 bits per heavy atom. The number of rotatable bonds is 7. The zero-order valence-electron chi connectivity index (χ0n) is 12.1. The maximum absolute atomic E-state index is 12.4. The minimum atomic E-state index is -0.445. The standard InChI is InChI=1S/C14H22N2O4/c1-4-7-16(10-13(18)20-6-3)14(19)11-8-12(17)15(5-2)9-11/h4,11H,1,5-10H2,2-3H3. The molecule has 6 heteroatoms. The maximum atomic E-state index is 12.4. The van der Waals surface area contributed by atoms with Crippen LogP contribution in [-0.4, -0.2) is 60.4 Å². The zero-order valence-corrected chi connectivity index (χ0v) is 12.1. The Kier molecular flexibility index (Phi) is 6.21. The third-order valence-electron chi connectivity index (χ3n) is 3.23. The van der Waals surface area contributed by atoms with Gasteiger partial charge in [0.15, 0.2) is 0 Å². The van der Waals surface area contributed by atoms with E-state index in [-0.39, 0.29) is 43.8 Å². The lowest BCUT2D eigenvalue weighted by atomic mass is 10.1. The quantitative estimate of drug-likeness (QED) is 0.502.